The molecule has 0 aliphatic heterocycles. The van der Waals surface area contributed by atoms with E-state index in [4.69, 9.17) is 11.6 Å². The summed E-state index contributed by atoms with van der Waals surface area (Å²) in [5.74, 6) is 0.693. The minimum absolute atomic E-state index is 0.0964. The number of carbonyl (C=O) groups is 1. The Labute approximate surface area is 97.7 Å². The standard InChI is InChI=1S/C11H10ClN3O/c12-9-3-1-8(2-4-9)5-10(16)6-11-13-7-14-15-11/h1-4,7H,5-6H2,(H,13,14,15). The van der Waals surface area contributed by atoms with Gasteiger partial charge in [0, 0.05) is 11.4 Å². The molecule has 2 aromatic rings. The number of halogens is 1. The third kappa shape index (κ3) is 2.90. The summed E-state index contributed by atoms with van der Waals surface area (Å²) in [4.78, 5) is 15.5. The first-order chi connectivity index (χ1) is 7.74. The molecule has 0 fully saturated rings. The molecule has 0 radical (unpaired) electrons. The highest BCUT2D eigenvalue weighted by atomic mass is 35.5. The van der Waals surface area contributed by atoms with Crippen LogP contribution in [0.15, 0.2) is 30.6 Å². The van der Waals surface area contributed by atoms with Crippen molar-refractivity contribution in [2.24, 2.45) is 0 Å². The maximum atomic E-state index is 11.6. The Kier molecular flexibility index (Phi) is 3.31. The number of Topliss-reactive ketones (excluding diaryl/α,β-unsaturated/α-hetero) is 1. The van der Waals surface area contributed by atoms with Crippen LogP contribution in [0, 0.1) is 0 Å². The van der Waals surface area contributed by atoms with Gasteiger partial charge in [-0.25, -0.2) is 4.98 Å². The molecule has 82 valence electrons. The average Bonchev–Trinajstić information content (AvgIpc) is 2.74. The first-order valence-corrected chi connectivity index (χ1v) is 5.22. The van der Waals surface area contributed by atoms with E-state index in [0.29, 0.717) is 17.3 Å². The molecule has 0 amide bonds. The van der Waals surface area contributed by atoms with E-state index in [1.165, 1.54) is 6.33 Å². The summed E-state index contributed by atoms with van der Waals surface area (Å²) in [6, 6.07) is 7.25. The summed E-state index contributed by atoms with van der Waals surface area (Å²) in [5, 5.41) is 7.02. The van der Waals surface area contributed by atoms with Gasteiger partial charge in [-0.15, -0.1) is 0 Å². The minimum atomic E-state index is 0.0964. The monoisotopic (exact) mass is 235 g/mol. The number of hydrogen-bond acceptors (Lipinski definition) is 3. The van der Waals surface area contributed by atoms with Gasteiger partial charge in [0.15, 0.2) is 0 Å². The quantitative estimate of drug-likeness (QED) is 0.879. The predicted octanol–water partition coefficient (Wildman–Crippen LogP) is 1.81. The van der Waals surface area contributed by atoms with Gasteiger partial charge in [0.05, 0.1) is 6.42 Å². The molecule has 16 heavy (non-hydrogen) atoms. The summed E-state index contributed by atoms with van der Waals surface area (Å²) in [6.07, 6.45) is 2.06. The van der Waals surface area contributed by atoms with Gasteiger partial charge in [-0.3, -0.25) is 9.89 Å². The van der Waals surface area contributed by atoms with Crippen LogP contribution >= 0.6 is 11.6 Å². The normalized spacial score (nSPS) is 10.3. The van der Waals surface area contributed by atoms with Crippen molar-refractivity contribution in [2.45, 2.75) is 12.8 Å². The van der Waals surface area contributed by atoms with E-state index in [2.05, 4.69) is 15.2 Å². The topological polar surface area (TPSA) is 58.6 Å². The zero-order valence-electron chi connectivity index (χ0n) is 8.48. The number of H-pyrrole nitrogens is 1. The maximum absolute atomic E-state index is 11.6. The van der Waals surface area contributed by atoms with Crippen molar-refractivity contribution in [3.05, 3.63) is 47.0 Å². The van der Waals surface area contributed by atoms with Gasteiger partial charge in [-0.05, 0) is 17.7 Å². The van der Waals surface area contributed by atoms with Crippen LogP contribution in [0.4, 0.5) is 0 Å². The minimum Gasteiger partial charge on any atom is -0.299 e. The molecule has 0 saturated heterocycles. The second-order valence-electron chi connectivity index (χ2n) is 3.45. The van der Waals surface area contributed by atoms with Crippen molar-refractivity contribution in [3.63, 3.8) is 0 Å². The molecule has 1 aromatic heterocycles. The van der Waals surface area contributed by atoms with Crippen LogP contribution in [0.25, 0.3) is 0 Å². The number of nitrogens with zero attached hydrogens (tertiary/aromatic N) is 2. The molecule has 4 nitrogen and oxygen atoms in total. The van der Waals surface area contributed by atoms with Crippen molar-refractivity contribution in [3.8, 4) is 0 Å². The van der Waals surface area contributed by atoms with E-state index in [1.807, 2.05) is 12.1 Å². The Morgan fingerprint density at radius 3 is 2.62 bits per heavy atom. The SMILES string of the molecule is O=C(Cc1ccc(Cl)cc1)Cc1ncn[nH]1. The summed E-state index contributed by atoms with van der Waals surface area (Å²) in [6.45, 7) is 0. The van der Waals surface area contributed by atoms with E-state index >= 15 is 0 Å². The fourth-order valence-corrected chi connectivity index (χ4v) is 1.52. The fraction of sp³-hybridized carbons (Fsp3) is 0.182. The average molecular weight is 236 g/mol. The van der Waals surface area contributed by atoms with Gasteiger partial charge in [-0.2, -0.15) is 5.10 Å². The van der Waals surface area contributed by atoms with E-state index in [-0.39, 0.29) is 12.2 Å². The summed E-state index contributed by atoms with van der Waals surface area (Å²) in [5.41, 5.74) is 0.953. The van der Waals surface area contributed by atoms with Crippen LogP contribution in [0.2, 0.25) is 5.02 Å². The lowest BCUT2D eigenvalue weighted by Crippen LogP contribution is -2.07. The lowest BCUT2D eigenvalue weighted by molar-refractivity contribution is -0.117. The van der Waals surface area contributed by atoms with Gasteiger partial charge in [-0.1, -0.05) is 23.7 Å². The van der Waals surface area contributed by atoms with Crippen LogP contribution in [0.5, 0.6) is 0 Å². The Morgan fingerprint density at radius 1 is 1.25 bits per heavy atom. The summed E-state index contributed by atoms with van der Waals surface area (Å²) < 4.78 is 0. The highest BCUT2D eigenvalue weighted by Crippen LogP contribution is 2.10. The molecule has 0 aliphatic rings. The lowest BCUT2D eigenvalue weighted by Gasteiger charge is -1.99. The third-order valence-electron chi connectivity index (χ3n) is 2.14. The second-order valence-corrected chi connectivity index (χ2v) is 3.89. The zero-order chi connectivity index (χ0) is 11.4. The van der Waals surface area contributed by atoms with Gasteiger partial charge in [0.1, 0.15) is 17.9 Å². The third-order valence-corrected chi connectivity index (χ3v) is 2.40. The van der Waals surface area contributed by atoms with Crippen molar-refractivity contribution in [1.82, 2.24) is 15.2 Å². The van der Waals surface area contributed by atoms with Crippen molar-refractivity contribution in [1.29, 1.82) is 0 Å². The molecule has 1 aromatic carbocycles. The second kappa shape index (κ2) is 4.90. The molecule has 0 aliphatic carbocycles. The molecule has 0 bridgehead atoms. The van der Waals surface area contributed by atoms with Crippen LogP contribution < -0.4 is 0 Å². The van der Waals surface area contributed by atoms with Gasteiger partial charge < -0.3 is 0 Å². The predicted molar refractivity (Wildman–Crippen MR) is 60.2 cm³/mol. The number of hydrogen-bond donors (Lipinski definition) is 1. The van der Waals surface area contributed by atoms with Crippen LogP contribution in [0.3, 0.4) is 0 Å². The number of benzene rings is 1. The Hall–Kier alpha value is -1.68. The number of rotatable bonds is 4. The van der Waals surface area contributed by atoms with Crippen molar-refractivity contribution in [2.75, 3.05) is 0 Å². The van der Waals surface area contributed by atoms with Crippen molar-refractivity contribution < 1.29 is 4.79 Å². The molecule has 2 rings (SSSR count). The van der Waals surface area contributed by atoms with Gasteiger partial charge >= 0.3 is 0 Å². The Balaban J connectivity index is 1.95. The largest absolute Gasteiger partial charge is 0.299 e. The van der Waals surface area contributed by atoms with E-state index < -0.39 is 0 Å². The number of ketones is 1. The first kappa shape index (κ1) is 10.8. The molecule has 0 atom stereocenters. The molecule has 1 heterocycles. The van der Waals surface area contributed by atoms with Gasteiger partial charge in [0.2, 0.25) is 0 Å². The molecular formula is C11H10ClN3O. The highest BCUT2D eigenvalue weighted by molar-refractivity contribution is 6.30. The lowest BCUT2D eigenvalue weighted by atomic mass is 10.1. The van der Waals surface area contributed by atoms with Crippen molar-refractivity contribution >= 4 is 17.4 Å². The summed E-state index contributed by atoms with van der Waals surface area (Å²) in [7, 11) is 0. The Morgan fingerprint density at radius 2 is 2.00 bits per heavy atom. The number of aromatic amines is 1. The Bertz CT molecular complexity index is 464. The number of nitrogens with one attached hydrogen (secondary N) is 1. The zero-order valence-corrected chi connectivity index (χ0v) is 9.24. The highest BCUT2D eigenvalue weighted by Gasteiger charge is 2.06. The number of aromatic nitrogens is 3. The molecule has 1 N–H and O–H groups in total. The van der Waals surface area contributed by atoms with Crippen LogP contribution in [0.1, 0.15) is 11.4 Å². The summed E-state index contributed by atoms with van der Waals surface area (Å²) >= 11 is 5.76. The molecule has 0 spiro atoms. The fourth-order valence-electron chi connectivity index (χ4n) is 1.40. The number of carbonyl (C=O) groups excluding carboxylic acids is 1. The van der Waals surface area contributed by atoms with Crippen LogP contribution in [-0.2, 0) is 17.6 Å². The van der Waals surface area contributed by atoms with Crippen LogP contribution in [-0.4, -0.2) is 21.0 Å². The smallest absolute Gasteiger partial charge is 0.144 e. The molecule has 0 saturated carbocycles. The first-order valence-electron chi connectivity index (χ1n) is 4.84. The van der Waals surface area contributed by atoms with Gasteiger partial charge in [0.25, 0.3) is 0 Å². The molecule has 5 heteroatoms. The van der Waals surface area contributed by atoms with E-state index in [0.717, 1.165) is 5.56 Å². The maximum Gasteiger partial charge on any atom is 0.144 e. The molecular weight excluding hydrogens is 226 g/mol. The molecule has 0 unspecified atom stereocenters. The van der Waals surface area contributed by atoms with E-state index in [9.17, 15) is 4.79 Å². The van der Waals surface area contributed by atoms with E-state index in [1.54, 1.807) is 12.1 Å².